The summed E-state index contributed by atoms with van der Waals surface area (Å²) in [5.74, 6) is 2.59. The molecule has 0 aromatic heterocycles. The molecule has 2 unspecified atom stereocenters. The van der Waals surface area contributed by atoms with Gasteiger partial charge in [-0.2, -0.15) is 0 Å². The third-order valence-electron chi connectivity index (χ3n) is 9.29. The summed E-state index contributed by atoms with van der Waals surface area (Å²) >= 11 is 3.22. The highest BCUT2D eigenvalue weighted by Gasteiger charge is 2.50. The van der Waals surface area contributed by atoms with E-state index in [1.807, 2.05) is 0 Å². The molecule has 34 heavy (non-hydrogen) atoms. The van der Waals surface area contributed by atoms with E-state index in [1.165, 1.54) is 62.5 Å². The first kappa shape index (κ1) is 27.8. The highest BCUT2D eigenvalue weighted by Crippen LogP contribution is 2.60. The Morgan fingerprint density at radius 2 is 2.03 bits per heavy atom. The molecular formula is C31H49BrO2. The van der Waals surface area contributed by atoms with Crippen LogP contribution in [-0.2, 0) is 9.53 Å². The standard InChI is InChI=1S/C31H49BrO2/c1-21(10-8-16-30(4,5)6)27-14-15-28-24(11-9-17-31(27,28)7)12-13-25-19-26(34-29(33)20-32)18-22(2)23(25)3/h12-13,21-22,26-28H,3,8-11,14-20H2,1-2,4-7H3/b24-12+,25-13-/t21-,22+,26+,27?,28?,31-/m1/s1. The maximum Gasteiger partial charge on any atom is 0.316 e. The van der Waals surface area contributed by atoms with E-state index in [9.17, 15) is 4.79 Å². The van der Waals surface area contributed by atoms with Gasteiger partial charge in [0, 0.05) is 6.42 Å². The van der Waals surface area contributed by atoms with Crippen LogP contribution >= 0.6 is 15.9 Å². The fourth-order valence-corrected chi connectivity index (χ4v) is 7.50. The monoisotopic (exact) mass is 532 g/mol. The molecule has 0 spiro atoms. The molecule has 0 radical (unpaired) electrons. The first-order chi connectivity index (χ1) is 15.9. The van der Waals surface area contributed by atoms with Crippen LogP contribution in [-0.4, -0.2) is 17.4 Å². The Bertz CT molecular complexity index is 801. The zero-order valence-electron chi connectivity index (χ0n) is 22.7. The van der Waals surface area contributed by atoms with E-state index in [0.717, 1.165) is 30.6 Å². The van der Waals surface area contributed by atoms with Crippen molar-refractivity contribution in [3.63, 3.8) is 0 Å². The van der Waals surface area contributed by atoms with Crippen LogP contribution < -0.4 is 0 Å². The number of carbonyl (C=O) groups is 1. The summed E-state index contributed by atoms with van der Waals surface area (Å²) in [6.45, 7) is 18.8. The third kappa shape index (κ3) is 6.68. The predicted octanol–water partition coefficient (Wildman–Crippen LogP) is 9.20. The highest BCUT2D eigenvalue weighted by molar-refractivity contribution is 9.09. The largest absolute Gasteiger partial charge is 0.461 e. The van der Waals surface area contributed by atoms with Gasteiger partial charge in [-0.1, -0.05) is 94.6 Å². The lowest BCUT2D eigenvalue weighted by atomic mass is 9.60. The van der Waals surface area contributed by atoms with Crippen molar-refractivity contribution in [1.29, 1.82) is 0 Å². The molecule has 0 aromatic rings. The number of hydrogen-bond acceptors (Lipinski definition) is 2. The molecule has 192 valence electrons. The molecule has 0 amide bonds. The number of halogens is 1. The Labute approximate surface area is 218 Å². The summed E-state index contributed by atoms with van der Waals surface area (Å²) in [6, 6.07) is 0. The van der Waals surface area contributed by atoms with E-state index < -0.39 is 0 Å². The highest BCUT2D eigenvalue weighted by atomic mass is 79.9. The SMILES string of the molecule is C=C1/C(=C\C=C2/CCC[C@@]3(C)C2CCC3[C@H](C)CCCC(C)(C)C)C[C@@H](OC(=O)CBr)C[C@@H]1C. The summed E-state index contributed by atoms with van der Waals surface area (Å²) in [5.41, 5.74) is 5.05. The van der Waals surface area contributed by atoms with E-state index >= 15 is 0 Å². The molecule has 3 heteroatoms. The van der Waals surface area contributed by atoms with Crippen molar-refractivity contribution in [2.75, 3.05) is 5.33 Å². The fraction of sp³-hybridized carbons (Fsp3) is 0.774. The van der Waals surface area contributed by atoms with Crippen LogP contribution in [0.2, 0.25) is 0 Å². The van der Waals surface area contributed by atoms with Gasteiger partial charge in [-0.3, -0.25) is 4.79 Å². The normalized spacial score (nSPS) is 35.4. The molecule has 0 aliphatic heterocycles. The molecule has 0 N–H and O–H groups in total. The van der Waals surface area contributed by atoms with Gasteiger partial charge in [-0.05, 0) is 90.6 Å². The van der Waals surface area contributed by atoms with Crippen molar-refractivity contribution >= 4 is 21.9 Å². The van der Waals surface area contributed by atoms with Crippen molar-refractivity contribution in [1.82, 2.24) is 0 Å². The Morgan fingerprint density at radius 3 is 2.71 bits per heavy atom. The van der Waals surface area contributed by atoms with Gasteiger partial charge in [0.25, 0.3) is 0 Å². The van der Waals surface area contributed by atoms with Gasteiger partial charge in [-0.15, -0.1) is 0 Å². The lowest BCUT2D eigenvalue weighted by molar-refractivity contribution is -0.146. The smallest absolute Gasteiger partial charge is 0.316 e. The number of ether oxygens (including phenoxy) is 1. The Hall–Kier alpha value is -0.830. The molecular weight excluding hydrogens is 484 g/mol. The van der Waals surface area contributed by atoms with E-state index in [0.29, 0.717) is 16.7 Å². The number of allylic oxidation sites excluding steroid dienone is 4. The van der Waals surface area contributed by atoms with Crippen LogP contribution in [0.15, 0.2) is 35.5 Å². The molecule has 2 nitrogen and oxygen atoms in total. The maximum atomic E-state index is 11.8. The van der Waals surface area contributed by atoms with Crippen LogP contribution in [0.3, 0.4) is 0 Å². The minimum Gasteiger partial charge on any atom is -0.461 e. The lowest BCUT2D eigenvalue weighted by Crippen LogP contribution is -2.36. The van der Waals surface area contributed by atoms with Crippen molar-refractivity contribution in [3.8, 4) is 0 Å². The van der Waals surface area contributed by atoms with Crippen molar-refractivity contribution in [2.45, 2.75) is 112 Å². The second-order valence-electron chi connectivity index (χ2n) is 13.1. The molecule has 0 aromatic carbocycles. The number of fused-ring (bicyclic) bond motifs is 1. The molecule has 3 aliphatic rings. The van der Waals surface area contributed by atoms with E-state index in [1.54, 1.807) is 5.57 Å². The summed E-state index contributed by atoms with van der Waals surface area (Å²) < 4.78 is 5.67. The van der Waals surface area contributed by atoms with Crippen LogP contribution in [0.5, 0.6) is 0 Å². The molecule has 3 fully saturated rings. The quantitative estimate of drug-likeness (QED) is 0.241. The molecule has 0 bridgehead atoms. The van der Waals surface area contributed by atoms with Gasteiger partial charge < -0.3 is 4.74 Å². The summed E-state index contributed by atoms with van der Waals surface area (Å²) in [7, 11) is 0. The van der Waals surface area contributed by atoms with Gasteiger partial charge in [0.05, 0.1) is 0 Å². The van der Waals surface area contributed by atoms with Crippen LogP contribution in [0.25, 0.3) is 0 Å². The van der Waals surface area contributed by atoms with Gasteiger partial charge >= 0.3 is 5.97 Å². The first-order valence-corrected chi connectivity index (χ1v) is 14.9. The van der Waals surface area contributed by atoms with Gasteiger partial charge in [0.1, 0.15) is 11.4 Å². The number of hydrogen-bond donors (Lipinski definition) is 0. The Balaban J connectivity index is 1.71. The average Bonchev–Trinajstić information content (AvgIpc) is 3.11. The van der Waals surface area contributed by atoms with Gasteiger partial charge in [0.15, 0.2) is 0 Å². The molecule has 3 rings (SSSR count). The topological polar surface area (TPSA) is 26.3 Å². The number of esters is 1. The van der Waals surface area contributed by atoms with Crippen molar-refractivity contribution < 1.29 is 9.53 Å². The van der Waals surface area contributed by atoms with Crippen LogP contribution in [0.1, 0.15) is 106 Å². The van der Waals surface area contributed by atoms with Gasteiger partial charge in [-0.25, -0.2) is 0 Å². The zero-order chi connectivity index (χ0) is 25.1. The van der Waals surface area contributed by atoms with Crippen LogP contribution in [0, 0.1) is 34.5 Å². The van der Waals surface area contributed by atoms with Crippen LogP contribution in [0.4, 0.5) is 0 Å². The summed E-state index contributed by atoms with van der Waals surface area (Å²) in [5, 5.41) is 0.262. The predicted molar refractivity (Wildman–Crippen MR) is 148 cm³/mol. The molecule has 0 saturated heterocycles. The van der Waals surface area contributed by atoms with Gasteiger partial charge in [0.2, 0.25) is 0 Å². The number of alkyl halides is 1. The minimum absolute atomic E-state index is 0.0309. The fourth-order valence-electron chi connectivity index (χ4n) is 7.37. The van der Waals surface area contributed by atoms with E-state index in [-0.39, 0.29) is 17.4 Å². The molecule has 0 heterocycles. The Morgan fingerprint density at radius 1 is 1.29 bits per heavy atom. The second-order valence-corrected chi connectivity index (χ2v) is 13.6. The second kappa shape index (κ2) is 11.5. The molecule has 3 saturated carbocycles. The number of carbonyl (C=O) groups excluding carboxylic acids is 1. The third-order valence-corrected chi connectivity index (χ3v) is 9.75. The first-order valence-electron chi connectivity index (χ1n) is 13.8. The zero-order valence-corrected chi connectivity index (χ0v) is 24.3. The summed E-state index contributed by atoms with van der Waals surface area (Å²) in [4.78, 5) is 11.8. The average molecular weight is 534 g/mol. The molecule has 6 atom stereocenters. The summed E-state index contributed by atoms with van der Waals surface area (Å²) in [6.07, 6.45) is 17.1. The van der Waals surface area contributed by atoms with Crippen molar-refractivity contribution in [2.24, 2.45) is 34.5 Å². The Kier molecular flexibility index (Phi) is 9.37. The van der Waals surface area contributed by atoms with E-state index in [2.05, 4.69) is 76.2 Å². The van der Waals surface area contributed by atoms with Crippen molar-refractivity contribution in [3.05, 3.63) is 35.5 Å². The number of rotatable bonds is 7. The lowest BCUT2D eigenvalue weighted by Gasteiger charge is -2.44. The molecule has 3 aliphatic carbocycles. The maximum absolute atomic E-state index is 11.8. The van der Waals surface area contributed by atoms with E-state index in [4.69, 9.17) is 4.74 Å². The minimum atomic E-state index is -0.168.